The smallest absolute Gasteiger partial charge is 0.238 e. The van der Waals surface area contributed by atoms with Crippen LogP contribution in [0.4, 0.5) is 0 Å². The topological polar surface area (TPSA) is 170 Å². The molecule has 9 heterocycles. The van der Waals surface area contributed by atoms with Crippen molar-refractivity contribution >= 4 is 131 Å². The summed E-state index contributed by atoms with van der Waals surface area (Å²) in [6, 6.07) is 123. The van der Waals surface area contributed by atoms with Crippen LogP contribution < -0.4 is 0 Å². The predicted octanol–water partition coefficient (Wildman–Crippen LogP) is 24.6. The van der Waals surface area contributed by atoms with Gasteiger partial charge in [0.05, 0.1) is 38.5 Å². The van der Waals surface area contributed by atoms with E-state index in [-0.39, 0.29) is 0 Å². The van der Waals surface area contributed by atoms with Crippen LogP contribution in [0, 0.1) is 0 Å². The minimum atomic E-state index is 0.569. The van der Waals surface area contributed by atoms with E-state index in [1.807, 2.05) is 243 Å². The van der Waals surface area contributed by atoms with Crippen LogP contribution in [0.5, 0.6) is 0 Å². The monoisotopic (exact) mass is 1460 g/mol. The molecule has 0 aliphatic rings. The van der Waals surface area contributed by atoms with Crippen LogP contribution in [0.2, 0.25) is 0 Å². The fourth-order valence-corrected chi connectivity index (χ4v) is 16.0. The van der Waals surface area contributed by atoms with Crippen molar-refractivity contribution in [2.75, 3.05) is 0 Å². The highest BCUT2D eigenvalue weighted by Crippen LogP contribution is 2.45. The van der Waals surface area contributed by atoms with Crippen molar-refractivity contribution in [1.82, 2.24) is 58.6 Å². The van der Waals surface area contributed by atoms with Crippen LogP contribution in [0.3, 0.4) is 0 Å². The van der Waals surface area contributed by atoms with Crippen molar-refractivity contribution in [3.63, 3.8) is 0 Å². The number of furan rings is 3. The Morgan fingerprint density at radius 1 is 0.167 bits per heavy atom. The van der Waals surface area contributed by atoms with E-state index in [1.165, 1.54) is 0 Å². The predicted molar refractivity (Wildman–Crippen MR) is 457 cm³/mol. The molecule has 0 unspecified atom stereocenters. The Morgan fingerprint density at radius 2 is 0.482 bits per heavy atom. The molecule has 0 bridgehead atoms. The third-order valence-corrected chi connectivity index (χ3v) is 21.2. The number of benzene rings is 15. The lowest BCUT2D eigenvalue weighted by atomic mass is 10.1. The Labute approximate surface area is 649 Å². The van der Waals surface area contributed by atoms with E-state index in [4.69, 9.17) is 58.1 Å². The molecule has 24 aromatic rings. The highest BCUT2D eigenvalue weighted by atomic mass is 16.3. The van der Waals surface area contributed by atoms with E-state index in [0.29, 0.717) is 52.8 Å². The van der Waals surface area contributed by atoms with Crippen LogP contribution in [-0.4, -0.2) is 58.6 Å². The van der Waals surface area contributed by atoms with Crippen molar-refractivity contribution in [2.24, 2.45) is 0 Å². The summed E-state index contributed by atoms with van der Waals surface area (Å²) in [7, 11) is 0. The van der Waals surface area contributed by atoms with Crippen molar-refractivity contribution in [2.45, 2.75) is 0 Å². The number of aromatic nitrogens is 12. The maximum atomic E-state index is 6.44. The summed E-state index contributed by atoms with van der Waals surface area (Å²) in [4.78, 5) is 44.7. The Hall–Kier alpha value is -15.9. The second-order valence-electron chi connectivity index (χ2n) is 27.9. The van der Waals surface area contributed by atoms with Gasteiger partial charge in [-0.25, -0.2) is 15.0 Å². The lowest BCUT2D eigenvalue weighted by Crippen LogP contribution is -2.06. The molecule has 0 saturated carbocycles. The highest BCUT2D eigenvalue weighted by molar-refractivity contribution is 6.28. The third-order valence-electron chi connectivity index (χ3n) is 21.2. The Bertz CT molecular complexity index is 7540. The summed E-state index contributed by atoms with van der Waals surface area (Å²) in [5.41, 5.74) is 16.9. The first-order chi connectivity index (χ1) is 56.5. The van der Waals surface area contributed by atoms with Gasteiger partial charge in [0.25, 0.3) is 0 Å². The number of fused-ring (bicyclic) bond motifs is 20. The van der Waals surface area contributed by atoms with Gasteiger partial charge < -0.3 is 13.3 Å². The van der Waals surface area contributed by atoms with E-state index in [0.717, 1.165) is 165 Å². The summed E-state index contributed by atoms with van der Waals surface area (Å²) in [5.74, 6) is 5.51. The van der Waals surface area contributed by atoms with Gasteiger partial charge in [0.1, 0.15) is 33.5 Å². The van der Waals surface area contributed by atoms with Crippen LogP contribution in [-0.2, 0) is 0 Å². The second kappa shape index (κ2) is 27.1. The molecule has 534 valence electrons. The van der Waals surface area contributed by atoms with Crippen molar-refractivity contribution < 1.29 is 13.3 Å². The lowest BCUT2D eigenvalue weighted by molar-refractivity contribution is 0.669. The molecule has 15 heteroatoms. The minimum absolute atomic E-state index is 0.569. The molecule has 15 aromatic carbocycles. The zero-order valence-electron chi connectivity index (χ0n) is 60.7. The first kappa shape index (κ1) is 65.2. The van der Waals surface area contributed by atoms with E-state index >= 15 is 0 Å². The molecule has 15 nitrogen and oxygen atoms in total. The SMILES string of the molecule is c1ccc(-c2nc(-c3ccccc3)nc(-n3c4ccccc4c4c5c(ccc43)oc3ccccc35)n2)cc1.c1ccc(-c2nc(-c3ccccc3)nc(-n3c4ccccc4c4c5oc6ccccc6c5ccc43)n2)cc1.c1ccc(-c2nc(-c3ccccc3)nc(-n3c4ccccc4c4cc5c(cc43)oc3ccccc35)n2)cc1. The Kier molecular flexibility index (Phi) is 15.5. The molecule has 9 aromatic heterocycles. The molecule has 0 spiro atoms. The first-order valence-electron chi connectivity index (χ1n) is 37.7. The molecule has 0 aliphatic carbocycles. The lowest BCUT2D eigenvalue weighted by Gasteiger charge is -2.10. The minimum Gasteiger partial charge on any atom is -0.456 e. The number of rotatable bonds is 9. The maximum absolute atomic E-state index is 6.44. The van der Waals surface area contributed by atoms with E-state index < -0.39 is 0 Å². The van der Waals surface area contributed by atoms with Gasteiger partial charge in [0.2, 0.25) is 17.8 Å². The van der Waals surface area contributed by atoms with Gasteiger partial charge >= 0.3 is 0 Å². The zero-order chi connectivity index (χ0) is 75.2. The molecular weight excluding hydrogens is 1410 g/mol. The van der Waals surface area contributed by atoms with Crippen molar-refractivity contribution in [3.05, 3.63) is 364 Å². The number of para-hydroxylation sites is 6. The molecule has 0 aliphatic heterocycles. The number of nitrogens with zero attached hydrogens (tertiary/aromatic N) is 12. The average Bonchev–Trinajstić information content (AvgIpc) is 1.57. The largest absolute Gasteiger partial charge is 0.456 e. The van der Waals surface area contributed by atoms with Crippen LogP contribution in [0.25, 0.3) is 217 Å². The van der Waals surface area contributed by atoms with Gasteiger partial charge in [-0.1, -0.05) is 291 Å². The summed E-state index contributed by atoms with van der Waals surface area (Å²) < 4.78 is 25.3. The van der Waals surface area contributed by atoms with E-state index in [9.17, 15) is 0 Å². The normalized spacial score (nSPS) is 11.7. The van der Waals surface area contributed by atoms with Crippen molar-refractivity contribution in [1.29, 1.82) is 0 Å². The second-order valence-corrected chi connectivity index (χ2v) is 27.9. The quantitative estimate of drug-likeness (QED) is 0.134. The van der Waals surface area contributed by atoms with Gasteiger partial charge in [-0.15, -0.1) is 0 Å². The standard InChI is InChI=1S/3C33H20N4O/c1-3-11-21(12-4-1)31-34-32(22-13-5-2-6-14-22)36-33(35-31)37-26-17-9-7-16-25(26)29-27(37)20-19-24-23-15-8-10-18-28(23)38-30(24)29;1-3-11-21(12-4-1)31-34-32(22-13-5-2-6-14-22)36-33(35-31)37-27-17-9-7-15-23(27)25-19-26-24-16-8-10-18-29(24)38-30(26)20-28(25)37;1-3-11-21(12-4-1)31-34-32(22-13-5-2-6-14-22)36-33(35-31)37-25-17-9-7-15-23(25)29-26(37)19-20-28-30(29)24-16-8-10-18-27(24)38-28/h3*1-20H. The summed E-state index contributed by atoms with van der Waals surface area (Å²) in [5, 5.41) is 13.3. The molecule has 114 heavy (non-hydrogen) atoms. The number of hydrogen-bond donors (Lipinski definition) is 0. The summed E-state index contributed by atoms with van der Waals surface area (Å²) >= 11 is 0. The maximum Gasteiger partial charge on any atom is 0.238 e. The Morgan fingerprint density at radius 3 is 0.930 bits per heavy atom. The average molecular weight is 1470 g/mol. The number of hydrogen-bond acceptors (Lipinski definition) is 12. The molecule has 0 N–H and O–H groups in total. The summed E-state index contributed by atoms with van der Waals surface area (Å²) in [6.07, 6.45) is 0. The van der Waals surface area contributed by atoms with Crippen LogP contribution >= 0.6 is 0 Å². The van der Waals surface area contributed by atoms with Crippen molar-refractivity contribution in [3.8, 4) is 86.2 Å². The molecule has 0 radical (unpaired) electrons. The van der Waals surface area contributed by atoms with Gasteiger partial charge in [-0.05, 0) is 66.7 Å². The fraction of sp³-hybridized carbons (Fsp3) is 0. The third kappa shape index (κ3) is 11.1. The highest BCUT2D eigenvalue weighted by Gasteiger charge is 2.26. The van der Waals surface area contributed by atoms with Gasteiger partial charge in [-0.2, -0.15) is 29.9 Å². The van der Waals surface area contributed by atoms with Gasteiger partial charge in [-0.3, -0.25) is 13.7 Å². The molecule has 0 atom stereocenters. The molecule has 24 rings (SSSR count). The first-order valence-corrected chi connectivity index (χ1v) is 37.7. The molecule has 0 fully saturated rings. The van der Waals surface area contributed by atoms with Gasteiger partial charge in [0, 0.05) is 98.7 Å². The zero-order valence-corrected chi connectivity index (χ0v) is 60.7. The van der Waals surface area contributed by atoms with Crippen LogP contribution in [0.1, 0.15) is 0 Å². The Balaban J connectivity index is 0.000000104. The molecular formula is C99H60N12O3. The van der Waals surface area contributed by atoms with E-state index in [1.54, 1.807) is 0 Å². The molecule has 0 amide bonds. The van der Waals surface area contributed by atoms with E-state index in [2.05, 4.69) is 135 Å². The molecule has 0 saturated heterocycles. The summed E-state index contributed by atoms with van der Waals surface area (Å²) in [6.45, 7) is 0. The van der Waals surface area contributed by atoms with Gasteiger partial charge in [0.15, 0.2) is 34.9 Å². The van der Waals surface area contributed by atoms with Crippen LogP contribution in [0.15, 0.2) is 377 Å². The fourth-order valence-electron chi connectivity index (χ4n) is 16.0.